The molecule has 0 saturated heterocycles. The van der Waals surface area contributed by atoms with E-state index in [2.05, 4.69) is 4.98 Å². The number of aromatic nitrogens is 2. The Bertz CT molecular complexity index is 1130. The minimum absolute atomic E-state index is 0.119. The van der Waals surface area contributed by atoms with Gasteiger partial charge < -0.3 is 19.9 Å². The number of para-hydroxylation sites is 1. The molecular formula is C19H16N2O5. The summed E-state index contributed by atoms with van der Waals surface area (Å²) in [6, 6.07) is 10.9. The van der Waals surface area contributed by atoms with Gasteiger partial charge in [-0.05, 0) is 25.1 Å². The zero-order chi connectivity index (χ0) is 18.6. The highest BCUT2D eigenvalue weighted by molar-refractivity contribution is 5.85. The summed E-state index contributed by atoms with van der Waals surface area (Å²) in [5.41, 5.74) is -0.473. The molecule has 0 spiro atoms. The van der Waals surface area contributed by atoms with Crippen molar-refractivity contribution >= 4 is 16.9 Å². The number of aliphatic carboxylic acids is 1. The van der Waals surface area contributed by atoms with Crippen molar-refractivity contribution in [2.75, 3.05) is 0 Å². The van der Waals surface area contributed by atoms with Gasteiger partial charge in [-0.2, -0.15) is 0 Å². The molecule has 3 heterocycles. The lowest BCUT2D eigenvalue weighted by Crippen LogP contribution is -2.37. The smallest absolute Gasteiger partial charge is 0.340 e. The Morgan fingerprint density at radius 2 is 2.04 bits per heavy atom. The van der Waals surface area contributed by atoms with Crippen LogP contribution < -0.4 is 5.56 Å². The first-order valence-electron chi connectivity index (χ1n) is 8.07. The van der Waals surface area contributed by atoms with E-state index < -0.39 is 23.7 Å². The number of pyridine rings is 2. The summed E-state index contributed by atoms with van der Waals surface area (Å²) in [6.07, 6.45) is 0. The largest absolute Gasteiger partial charge is 0.479 e. The number of carboxylic acids is 1. The summed E-state index contributed by atoms with van der Waals surface area (Å²) >= 11 is 0. The summed E-state index contributed by atoms with van der Waals surface area (Å²) in [5.74, 6) is -1.50. The van der Waals surface area contributed by atoms with Crippen LogP contribution in [0.1, 0.15) is 23.6 Å². The van der Waals surface area contributed by atoms with Crippen molar-refractivity contribution in [1.29, 1.82) is 0 Å². The van der Waals surface area contributed by atoms with Crippen molar-refractivity contribution in [3.8, 4) is 11.4 Å². The van der Waals surface area contributed by atoms with Gasteiger partial charge in [-0.25, -0.2) is 9.78 Å². The van der Waals surface area contributed by atoms with E-state index in [1.807, 2.05) is 30.3 Å². The lowest BCUT2D eigenvalue weighted by atomic mass is 9.91. The number of hydrogen-bond acceptors (Lipinski definition) is 5. The first-order chi connectivity index (χ1) is 12.3. The number of benzene rings is 1. The second-order valence-electron chi connectivity index (χ2n) is 6.54. The van der Waals surface area contributed by atoms with E-state index >= 15 is 0 Å². The number of carboxylic acid groups (broad SMARTS) is 1. The van der Waals surface area contributed by atoms with Crippen molar-refractivity contribution in [3.05, 3.63) is 63.4 Å². The molecule has 3 N–H and O–H groups in total. The Morgan fingerprint density at radius 3 is 2.73 bits per heavy atom. The molecule has 0 fully saturated rings. The zero-order valence-electron chi connectivity index (χ0n) is 13.9. The lowest BCUT2D eigenvalue weighted by molar-refractivity contribution is -0.157. The van der Waals surface area contributed by atoms with Crippen LogP contribution in [-0.2, 0) is 23.5 Å². The predicted molar refractivity (Wildman–Crippen MR) is 93.7 cm³/mol. The van der Waals surface area contributed by atoms with E-state index in [0.29, 0.717) is 11.4 Å². The minimum atomic E-state index is -2.30. The van der Waals surface area contributed by atoms with E-state index in [4.69, 9.17) is 0 Å². The van der Waals surface area contributed by atoms with Crippen molar-refractivity contribution < 1.29 is 20.1 Å². The number of aliphatic hydroxyl groups is 2. The third kappa shape index (κ3) is 2.18. The lowest BCUT2D eigenvalue weighted by Gasteiger charge is -2.22. The monoisotopic (exact) mass is 352 g/mol. The van der Waals surface area contributed by atoms with Gasteiger partial charge in [-0.15, -0.1) is 0 Å². The molecule has 0 saturated carbocycles. The summed E-state index contributed by atoms with van der Waals surface area (Å²) < 4.78 is 1.45. The zero-order valence-corrected chi connectivity index (χ0v) is 13.9. The third-order valence-electron chi connectivity index (χ3n) is 4.87. The second-order valence-corrected chi connectivity index (χ2v) is 6.54. The van der Waals surface area contributed by atoms with Crippen LogP contribution in [0.5, 0.6) is 0 Å². The molecular weight excluding hydrogens is 336 g/mol. The molecule has 1 atom stereocenters. The third-order valence-corrected chi connectivity index (χ3v) is 4.87. The molecule has 1 aromatic carbocycles. The molecule has 2 aromatic heterocycles. The number of aliphatic hydroxyl groups excluding tert-OH is 1. The average molecular weight is 352 g/mol. The number of rotatable bonds is 3. The highest BCUT2D eigenvalue weighted by Crippen LogP contribution is 2.35. The maximum Gasteiger partial charge on any atom is 0.340 e. The molecule has 0 unspecified atom stereocenters. The molecule has 3 aromatic rings. The van der Waals surface area contributed by atoms with Gasteiger partial charge in [0.1, 0.15) is 0 Å². The molecule has 0 bridgehead atoms. The van der Waals surface area contributed by atoms with E-state index in [-0.39, 0.29) is 17.7 Å². The van der Waals surface area contributed by atoms with Crippen LogP contribution in [0.3, 0.4) is 0 Å². The Labute approximate surface area is 147 Å². The summed E-state index contributed by atoms with van der Waals surface area (Å²) in [7, 11) is 0. The maximum atomic E-state index is 12.8. The fourth-order valence-electron chi connectivity index (χ4n) is 3.42. The van der Waals surface area contributed by atoms with Gasteiger partial charge in [-0.3, -0.25) is 4.79 Å². The van der Waals surface area contributed by atoms with Gasteiger partial charge >= 0.3 is 5.97 Å². The van der Waals surface area contributed by atoms with Gasteiger partial charge in [0.05, 0.1) is 30.1 Å². The number of hydrogen-bond donors (Lipinski definition) is 3. The Kier molecular flexibility index (Phi) is 3.47. The van der Waals surface area contributed by atoms with Gasteiger partial charge in [0.2, 0.25) is 0 Å². The Balaban J connectivity index is 2.03. The molecule has 7 heteroatoms. The van der Waals surface area contributed by atoms with E-state index in [9.17, 15) is 24.9 Å². The predicted octanol–water partition coefficient (Wildman–Crippen LogP) is 1.21. The highest BCUT2D eigenvalue weighted by atomic mass is 16.4. The normalized spacial score (nSPS) is 14.7. The fraction of sp³-hybridized carbons (Fsp3) is 0.211. The molecule has 1 aliphatic rings. The minimum Gasteiger partial charge on any atom is -0.479 e. The average Bonchev–Trinajstić information content (AvgIpc) is 2.97. The number of fused-ring (bicyclic) bond motifs is 4. The van der Waals surface area contributed by atoms with Crippen LogP contribution in [0.15, 0.2) is 41.2 Å². The first kappa shape index (κ1) is 16.4. The molecule has 0 amide bonds. The van der Waals surface area contributed by atoms with Crippen molar-refractivity contribution in [2.45, 2.75) is 25.7 Å². The SMILES string of the molecule is C[C@@](O)(C(=O)O)c1cc2n(c(=O)c1CO)Cc1cc3ccccc3nc1-2. The van der Waals surface area contributed by atoms with Crippen LogP contribution in [0.2, 0.25) is 0 Å². The van der Waals surface area contributed by atoms with Crippen molar-refractivity contribution in [1.82, 2.24) is 9.55 Å². The van der Waals surface area contributed by atoms with Gasteiger partial charge in [0.15, 0.2) is 5.60 Å². The van der Waals surface area contributed by atoms with Gasteiger partial charge in [-0.1, -0.05) is 18.2 Å². The van der Waals surface area contributed by atoms with E-state index in [1.165, 1.54) is 10.6 Å². The van der Waals surface area contributed by atoms with Crippen LogP contribution >= 0.6 is 0 Å². The molecule has 0 radical (unpaired) electrons. The molecule has 1 aliphatic heterocycles. The maximum absolute atomic E-state index is 12.8. The second kappa shape index (κ2) is 5.48. The van der Waals surface area contributed by atoms with Crippen LogP contribution in [0, 0.1) is 0 Å². The summed E-state index contributed by atoms with van der Waals surface area (Å²) in [4.78, 5) is 28.9. The van der Waals surface area contributed by atoms with E-state index in [1.54, 1.807) is 0 Å². The first-order valence-corrected chi connectivity index (χ1v) is 8.07. The molecule has 0 aliphatic carbocycles. The standard InChI is InChI=1S/C19H16N2O5/c1-19(26,18(24)25)13-7-15-16-11(8-21(15)17(23)12(13)9-22)6-10-4-2-3-5-14(10)20-16/h2-7,22,26H,8-9H2,1H3,(H,24,25)/t19-/m0/s1. The van der Waals surface area contributed by atoms with Crippen molar-refractivity contribution in [3.63, 3.8) is 0 Å². The summed E-state index contributed by atoms with van der Waals surface area (Å²) in [5, 5.41) is 30.3. The number of carbonyl (C=O) groups is 1. The molecule has 132 valence electrons. The topological polar surface area (TPSA) is 113 Å². The Morgan fingerprint density at radius 1 is 1.31 bits per heavy atom. The van der Waals surface area contributed by atoms with E-state index in [0.717, 1.165) is 23.4 Å². The fourth-order valence-corrected chi connectivity index (χ4v) is 3.42. The van der Waals surface area contributed by atoms with Crippen LogP contribution in [0.4, 0.5) is 0 Å². The summed E-state index contributed by atoms with van der Waals surface area (Å²) in [6.45, 7) is 0.706. The van der Waals surface area contributed by atoms with Crippen LogP contribution in [-0.4, -0.2) is 30.8 Å². The van der Waals surface area contributed by atoms with Gasteiger partial charge in [0.25, 0.3) is 5.56 Å². The highest BCUT2D eigenvalue weighted by Gasteiger charge is 2.37. The van der Waals surface area contributed by atoms with Gasteiger partial charge in [0, 0.05) is 22.1 Å². The quantitative estimate of drug-likeness (QED) is 0.511. The van der Waals surface area contributed by atoms with Crippen molar-refractivity contribution in [2.24, 2.45) is 0 Å². The number of nitrogens with zero attached hydrogens (tertiary/aromatic N) is 2. The molecule has 26 heavy (non-hydrogen) atoms. The molecule has 4 rings (SSSR count). The Hall–Kier alpha value is -3.03. The van der Waals surface area contributed by atoms with Crippen LogP contribution in [0.25, 0.3) is 22.3 Å². The molecule has 7 nitrogen and oxygen atoms in total.